The third kappa shape index (κ3) is 3.42. The first-order valence-corrected chi connectivity index (χ1v) is 12.8. The van der Waals surface area contributed by atoms with Gasteiger partial charge < -0.3 is 0 Å². The third-order valence-corrected chi connectivity index (χ3v) is 7.73. The van der Waals surface area contributed by atoms with Crippen molar-refractivity contribution in [2.45, 2.75) is 13.8 Å². The van der Waals surface area contributed by atoms with Gasteiger partial charge in [-0.3, -0.25) is 0 Å². The highest BCUT2D eigenvalue weighted by Crippen LogP contribution is 2.52. The minimum atomic E-state index is 0.0480. The van der Waals surface area contributed by atoms with Gasteiger partial charge in [-0.25, -0.2) is 0 Å². The van der Waals surface area contributed by atoms with E-state index >= 15 is 0 Å². The fourth-order valence-corrected chi connectivity index (χ4v) is 6.02. The smallest absolute Gasteiger partial charge is 0.138 e. The maximum atomic E-state index is 9.99. The van der Waals surface area contributed by atoms with Crippen LogP contribution in [0.15, 0.2) is 102 Å². The van der Waals surface area contributed by atoms with Crippen LogP contribution in [0.1, 0.15) is 36.1 Å². The van der Waals surface area contributed by atoms with Crippen LogP contribution in [0.2, 0.25) is 0 Å². The van der Waals surface area contributed by atoms with Crippen molar-refractivity contribution in [1.29, 1.82) is 21.0 Å². The second-order valence-corrected chi connectivity index (χ2v) is 9.72. The van der Waals surface area contributed by atoms with Crippen LogP contribution in [0, 0.1) is 45.3 Å². The molecule has 0 unspecified atom stereocenters. The van der Waals surface area contributed by atoms with Gasteiger partial charge in [-0.1, -0.05) is 66.7 Å². The van der Waals surface area contributed by atoms with E-state index in [0.717, 1.165) is 66.4 Å². The van der Waals surface area contributed by atoms with Gasteiger partial charge in [0.25, 0.3) is 0 Å². The molecule has 0 atom stereocenters. The zero-order chi connectivity index (χ0) is 28.0. The normalized spacial score (nSPS) is 12.8. The molecule has 0 heterocycles. The summed E-state index contributed by atoms with van der Waals surface area (Å²) in [6.07, 6.45) is 3.90. The van der Waals surface area contributed by atoms with Crippen molar-refractivity contribution >= 4 is 27.5 Å². The number of rotatable bonds is 2. The molecule has 0 saturated carbocycles. The first kappa shape index (κ1) is 24.4. The summed E-state index contributed by atoms with van der Waals surface area (Å²) >= 11 is 0. The Morgan fingerprint density at radius 3 is 1.95 bits per heavy atom. The van der Waals surface area contributed by atoms with Crippen LogP contribution < -0.4 is 0 Å². The van der Waals surface area contributed by atoms with Crippen LogP contribution in [-0.2, 0) is 0 Å². The van der Waals surface area contributed by atoms with Crippen LogP contribution >= 0.6 is 0 Å². The summed E-state index contributed by atoms with van der Waals surface area (Å²) in [6.45, 7) is 3.84. The first-order chi connectivity index (χ1) is 19.6. The second kappa shape index (κ2) is 9.42. The van der Waals surface area contributed by atoms with E-state index in [1.165, 1.54) is 0 Å². The summed E-state index contributed by atoms with van der Waals surface area (Å²) in [5.74, 6) is 0. The second-order valence-electron chi connectivity index (χ2n) is 9.72. The molecule has 184 valence electrons. The Labute approximate surface area is 232 Å². The van der Waals surface area contributed by atoms with Crippen LogP contribution in [-0.4, -0.2) is 0 Å². The molecule has 4 nitrogen and oxygen atoms in total. The number of benzene rings is 4. The molecule has 0 bridgehead atoms. The highest BCUT2D eigenvalue weighted by molar-refractivity contribution is 6.11. The van der Waals surface area contributed by atoms with Gasteiger partial charge in [0.1, 0.15) is 35.4 Å². The number of hydrogen-bond donors (Lipinski definition) is 0. The Morgan fingerprint density at radius 1 is 0.600 bits per heavy atom. The monoisotopic (exact) mass is 508 g/mol. The van der Waals surface area contributed by atoms with Crippen molar-refractivity contribution < 1.29 is 0 Å². The highest BCUT2D eigenvalue weighted by atomic mass is 14.4. The molecule has 4 heteroatoms. The van der Waals surface area contributed by atoms with E-state index < -0.39 is 0 Å². The van der Waals surface area contributed by atoms with Crippen LogP contribution in [0.4, 0.5) is 0 Å². The van der Waals surface area contributed by atoms with Gasteiger partial charge in [-0.15, -0.1) is 0 Å². The van der Waals surface area contributed by atoms with Gasteiger partial charge in [-0.2, -0.15) is 21.0 Å². The minimum Gasteiger partial charge on any atom is -0.192 e. The van der Waals surface area contributed by atoms with Crippen molar-refractivity contribution in [3.8, 4) is 46.5 Å². The summed E-state index contributed by atoms with van der Waals surface area (Å²) in [6, 6.07) is 33.0. The molecule has 0 amide bonds. The fourth-order valence-electron chi connectivity index (χ4n) is 6.02. The Morgan fingerprint density at radius 2 is 1.23 bits per heavy atom. The lowest BCUT2D eigenvalue weighted by Crippen LogP contribution is -1.92. The van der Waals surface area contributed by atoms with Gasteiger partial charge >= 0.3 is 0 Å². The van der Waals surface area contributed by atoms with Crippen molar-refractivity contribution in [2.24, 2.45) is 0 Å². The molecule has 0 aliphatic heterocycles. The SMILES string of the molecule is C/C=C\C1=C(C)C(=C(C#N)C#N)c2cc3c(cc21)C(=C(C#N)C#N)c1cc(-c2cccc4ccccc24)ccc1-3. The van der Waals surface area contributed by atoms with E-state index in [1.54, 1.807) is 0 Å². The van der Waals surface area contributed by atoms with Crippen molar-refractivity contribution in [1.82, 2.24) is 0 Å². The average Bonchev–Trinajstić information content (AvgIpc) is 3.44. The lowest BCUT2D eigenvalue weighted by molar-refractivity contribution is 1.44. The number of hydrogen-bond acceptors (Lipinski definition) is 4. The maximum absolute atomic E-state index is 9.99. The number of nitriles is 4. The molecule has 0 spiro atoms. The largest absolute Gasteiger partial charge is 0.192 e. The van der Waals surface area contributed by atoms with Crippen LogP contribution in [0.5, 0.6) is 0 Å². The molecule has 0 radical (unpaired) electrons. The predicted octanol–water partition coefficient (Wildman–Crippen LogP) is 8.50. The van der Waals surface area contributed by atoms with Crippen LogP contribution in [0.3, 0.4) is 0 Å². The summed E-state index contributed by atoms with van der Waals surface area (Å²) in [7, 11) is 0. The fraction of sp³-hybridized carbons (Fsp3) is 0.0556. The molecule has 0 aromatic heterocycles. The zero-order valence-electron chi connectivity index (χ0n) is 21.9. The summed E-state index contributed by atoms with van der Waals surface area (Å²) in [5.41, 5.74) is 10.3. The molecule has 4 aromatic carbocycles. The summed E-state index contributed by atoms with van der Waals surface area (Å²) in [5, 5.41) is 41.7. The van der Waals surface area contributed by atoms with Crippen molar-refractivity contribution in [3.63, 3.8) is 0 Å². The molecule has 6 rings (SSSR count). The van der Waals surface area contributed by atoms with Crippen molar-refractivity contribution in [2.75, 3.05) is 0 Å². The Bertz CT molecular complexity index is 2070. The highest BCUT2D eigenvalue weighted by Gasteiger charge is 2.33. The Kier molecular flexibility index (Phi) is 5.75. The molecule has 4 aromatic rings. The zero-order valence-corrected chi connectivity index (χ0v) is 21.9. The van der Waals surface area contributed by atoms with Gasteiger partial charge in [0.05, 0.1) is 0 Å². The molecule has 0 saturated heterocycles. The molecule has 0 fully saturated rings. The molecule has 2 aliphatic rings. The minimum absolute atomic E-state index is 0.0480. The number of nitrogens with zero attached hydrogens (tertiary/aromatic N) is 4. The lowest BCUT2D eigenvalue weighted by atomic mass is 9.92. The van der Waals surface area contributed by atoms with E-state index in [0.29, 0.717) is 11.1 Å². The molecular formula is C36H20N4. The number of fused-ring (bicyclic) bond motifs is 5. The maximum Gasteiger partial charge on any atom is 0.138 e. The average molecular weight is 509 g/mol. The number of allylic oxidation sites excluding steroid dienone is 7. The van der Waals surface area contributed by atoms with Crippen LogP contribution in [0.25, 0.3) is 49.7 Å². The Hall–Kier alpha value is -5.94. The van der Waals surface area contributed by atoms with Gasteiger partial charge in [-0.05, 0) is 98.5 Å². The summed E-state index contributed by atoms with van der Waals surface area (Å²) < 4.78 is 0. The summed E-state index contributed by atoms with van der Waals surface area (Å²) in [4.78, 5) is 0. The standard InChI is InChI=1S/C36H20N4/c1-3-7-26-21(2)35(24(17-37)18-38)33-16-31-29-13-12-23(28-11-6-9-22-8-4-5-10-27(22)28)14-32(29)36(25(19-39)20-40)34(31)15-30(26)33/h3-16H,1-2H3/b7-3-. The van der Waals surface area contributed by atoms with E-state index in [2.05, 4.69) is 60.7 Å². The van der Waals surface area contributed by atoms with E-state index in [-0.39, 0.29) is 11.1 Å². The topological polar surface area (TPSA) is 95.2 Å². The predicted molar refractivity (Wildman–Crippen MR) is 158 cm³/mol. The van der Waals surface area contributed by atoms with Gasteiger partial charge in [0, 0.05) is 11.1 Å². The quantitative estimate of drug-likeness (QED) is 0.223. The molecular weight excluding hydrogens is 488 g/mol. The van der Waals surface area contributed by atoms with Gasteiger partial charge in [0.15, 0.2) is 0 Å². The lowest BCUT2D eigenvalue weighted by Gasteiger charge is -2.10. The first-order valence-electron chi connectivity index (χ1n) is 12.8. The van der Waals surface area contributed by atoms with Crippen molar-refractivity contribution in [3.05, 3.63) is 124 Å². The molecule has 0 N–H and O–H groups in total. The van der Waals surface area contributed by atoms with E-state index in [9.17, 15) is 21.0 Å². The molecule has 2 aliphatic carbocycles. The van der Waals surface area contributed by atoms with E-state index in [4.69, 9.17) is 0 Å². The Balaban J connectivity index is 1.67. The molecule has 40 heavy (non-hydrogen) atoms. The third-order valence-electron chi connectivity index (χ3n) is 7.73. The van der Waals surface area contributed by atoms with E-state index in [1.807, 2.05) is 62.4 Å². The van der Waals surface area contributed by atoms with Gasteiger partial charge in [0.2, 0.25) is 0 Å².